The molecule has 0 unspecified atom stereocenters. The van der Waals surface area contributed by atoms with Gasteiger partial charge >= 0.3 is 6.55 Å². The van der Waals surface area contributed by atoms with Gasteiger partial charge in [0.05, 0.1) is 6.10 Å². The molecule has 1 aliphatic carbocycles. The van der Waals surface area contributed by atoms with Crippen molar-refractivity contribution in [2.45, 2.75) is 44.9 Å². The van der Waals surface area contributed by atoms with Crippen LogP contribution in [0.4, 0.5) is 8.78 Å². The first-order valence-corrected chi connectivity index (χ1v) is 5.60. The maximum Gasteiger partial charge on any atom is 0.320 e. The van der Waals surface area contributed by atoms with E-state index in [1.54, 1.807) is 0 Å². The minimum Gasteiger partial charge on any atom is -0.370 e. The number of Topliss-reactive ketones (excluding diaryl/α,β-unsaturated/α-hetero) is 1. The van der Waals surface area contributed by atoms with Crippen LogP contribution in [0.15, 0.2) is 12.4 Å². The molecule has 1 heterocycles. The van der Waals surface area contributed by atoms with E-state index in [2.05, 4.69) is 4.98 Å². The Bertz CT molecular complexity index is 383. The van der Waals surface area contributed by atoms with Crippen LogP contribution in [0.2, 0.25) is 0 Å². The SMILES string of the molecule is O=C1CCC(OCc2nccn2C(F)F)CC1. The summed E-state index contributed by atoms with van der Waals surface area (Å²) >= 11 is 0. The van der Waals surface area contributed by atoms with Crippen molar-refractivity contribution in [2.24, 2.45) is 0 Å². The van der Waals surface area contributed by atoms with Crippen molar-refractivity contribution in [1.29, 1.82) is 0 Å². The molecule has 0 spiro atoms. The first-order chi connectivity index (χ1) is 8.16. The first kappa shape index (κ1) is 12.2. The van der Waals surface area contributed by atoms with E-state index in [1.165, 1.54) is 12.4 Å². The molecule has 1 aliphatic rings. The largest absolute Gasteiger partial charge is 0.370 e. The summed E-state index contributed by atoms with van der Waals surface area (Å²) in [4.78, 5) is 14.8. The number of carbonyl (C=O) groups excluding carboxylic acids is 1. The Morgan fingerprint density at radius 3 is 2.82 bits per heavy atom. The zero-order valence-electron chi connectivity index (χ0n) is 9.31. The molecular weight excluding hydrogens is 230 g/mol. The van der Waals surface area contributed by atoms with Crippen LogP contribution in [0.5, 0.6) is 0 Å². The molecule has 0 amide bonds. The van der Waals surface area contributed by atoms with Crippen LogP contribution in [0, 0.1) is 0 Å². The van der Waals surface area contributed by atoms with Gasteiger partial charge in [-0.3, -0.25) is 9.36 Å². The van der Waals surface area contributed by atoms with Crippen molar-refractivity contribution in [3.05, 3.63) is 18.2 Å². The Morgan fingerprint density at radius 1 is 1.47 bits per heavy atom. The molecule has 0 N–H and O–H groups in total. The summed E-state index contributed by atoms with van der Waals surface area (Å²) in [5.74, 6) is 0.468. The third-order valence-corrected chi connectivity index (χ3v) is 2.90. The summed E-state index contributed by atoms with van der Waals surface area (Å²) in [6.07, 6.45) is 4.93. The molecule has 0 bridgehead atoms. The maximum absolute atomic E-state index is 12.5. The Hall–Kier alpha value is -1.30. The third-order valence-electron chi connectivity index (χ3n) is 2.90. The number of aromatic nitrogens is 2. The van der Waals surface area contributed by atoms with E-state index in [0.717, 1.165) is 4.57 Å². The highest BCUT2D eigenvalue weighted by molar-refractivity contribution is 5.79. The fourth-order valence-corrected chi connectivity index (χ4v) is 1.91. The highest BCUT2D eigenvalue weighted by atomic mass is 19.3. The molecule has 2 rings (SSSR count). The second kappa shape index (κ2) is 5.35. The van der Waals surface area contributed by atoms with Gasteiger partial charge in [0.2, 0.25) is 0 Å². The first-order valence-electron chi connectivity index (χ1n) is 5.60. The second-order valence-electron chi connectivity index (χ2n) is 4.08. The van der Waals surface area contributed by atoms with Crippen molar-refractivity contribution >= 4 is 5.78 Å². The molecule has 1 saturated carbocycles. The van der Waals surface area contributed by atoms with Crippen molar-refractivity contribution in [3.8, 4) is 0 Å². The molecule has 1 fully saturated rings. The monoisotopic (exact) mass is 244 g/mol. The van der Waals surface area contributed by atoms with Crippen molar-refractivity contribution in [3.63, 3.8) is 0 Å². The number of halogens is 2. The zero-order chi connectivity index (χ0) is 12.3. The lowest BCUT2D eigenvalue weighted by Gasteiger charge is -2.21. The quantitative estimate of drug-likeness (QED) is 0.816. The standard InChI is InChI=1S/C11H14F2N2O2/c12-11(13)15-6-5-14-10(15)7-17-9-3-1-8(16)2-4-9/h5-6,9,11H,1-4,7H2. The number of rotatable bonds is 4. The van der Waals surface area contributed by atoms with Gasteiger partial charge in [-0.25, -0.2) is 4.98 Å². The van der Waals surface area contributed by atoms with Gasteiger partial charge in [-0.1, -0.05) is 0 Å². The van der Waals surface area contributed by atoms with E-state index >= 15 is 0 Å². The number of ether oxygens (including phenoxy) is 1. The van der Waals surface area contributed by atoms with Gasteiger partial charge in [-0.15, -0.1) is 0 Å². The average molecular weight is 244 g/mol. The zero-order valence-corrected chi connectivity index (χ0v) is 9.31. The number of nitrogens with zero attached hydrogens (tertiary/aromatic N) is 2. The summed E-state index contributed by atoms with van der Waals surface area (Å²) in [7, 11) is 0. The number of hydrogen-bond donors (Lipinski definition) is 0. The minimum atomic E-state index is -2.59. The van der Waals surface area contributed by atoms with Crippen LogP contribution in [-0.2, 0) is 16.1 Å². The summed E-state index contributed by atoms with van der Waals surface area (Å²) in [5, 5.41) is 0. The molecule has 4 nitrogen and oxygen atoms in total. The predicted octanol–water partition coefficient (Wildman–Crippen LogP) is 2.31. The number of ketones is 1. The molecule has 0 radical (unpaired) electrons. The number of alkyl halides is 2. The molecule has 0 saturated heterocycles. The lowest BCUT2D eigenvalue weighted by atomic mass is 9.96. The molecule has 1 aromatic heterocycles. The van der Waals surface area contributed by atoms with Crippen LogP contribution in [-0.4, -0.2) is 21.4 Å². The van der Waals surface area contributed by atoms with Crippen molar-refractivity contribution < 1.29 is 18.3 Å². The van der Waals surface area contributed by atoms with Gasteiger partial charge in [0.1, 0.15) is 18.2 Å². The normalized spacial score (nSPS) is 17.9. The van der Waals surface area contributed by atoms with Crippen molar-refractivity contribution in [1.82, 2.24) is 9.55 Å². The van der Waals surface area contributed by atoms with E-state index < -0.39 is 6.55 Å². The predicted molar refractivity (Wildman–Crippen MR) is 55.5 cm³/mol. The number of carbonyl (C=O) groups is 1. The molecule has 0 atom stereocenters. The van der Waals surface area contributed by atoms with Gasteiger partial charge in [0, 0.05) is 25.2 Å². The highest BCUT2D eigenvalue weighted by Crippen LogP contribution is 2.20. The molecule has 17 heavy (non-hydrogen) atoms. The minimum absolute atomic E-state index is 0.0180. The molecular formula is C11H14F2N2O2. The van der Waals surface area contributed by atoms with Crippen LogP contribution in [0.25, 0.3) is 0 Å². The van der Waals surface area contributed by atoms with Crippen molar-refractivity contribution in [2.75, 3.05) is 0 Å². The van der Waals surface area contributed by atoms with Gasteiger partial charge in [0.25, 0.3) is 0 Å². The second-order valence-corrected chi connectivity index (χ2v) is 4.08. The maximum atomic E-state index is 12.5. The van der Waals surface area contributed by atoms with E-state index in [4.69, 9.17) is 4.74 Å². The lowest BCUT2D eigenvalue weighted by molar-refractivity contribution is -0.123. The van der Waals surface area contributed by atoms with E-state index in [0.29, 0.717) is 25.7 Å². The summed E-state index contributed by atoms with van der Waals surface area (Å²) in [6, 6.07) is 0. The molecule has 6 heteroatoms. The van der Waals surface area contributed by atoms with E-state index in [9.17, 15) is 13.6 Å². The summed E-state index contributed by atoms with van der Waals surface area (Å²) < 4.78 is 31.3. The highest BCUT2D eigenvalue weighted by Gasteiger charge is 2.20. The Kier molecular flexibility index (Phi) is 3.83. The van der Waals surface area contributed by atoms with E-state index in [1.807, 2.05) is 0 Å². The van der Waals surface area contributed by atoms with E-state index in [-0.39, 0.29) is 24.3 Å². The Balaban J connectivity index is 1.85. The van der Waals surface area contributed by atoms with Gasteiger partial charge in [-0.2, -0.15) is 8.78 Å². The summed E-state index contributed by atoms with van der Waals surface area (Å²) in [6.45, 7) is -2.53. The molecule has 0 aliphatic heterocycles. The van der Waals surface area contributed by atoms with Crippen LogP contribution < -0.4 is 0 Å². The number of imidazole rings is 1. The van der Waals surface area contributed by atoms with Crippen LogP contribution in [0.1, 0.15) is 38.1 Å². The Morgan fingerprint density at radius 2 is 2.18 bits per heavy atom. The smallest absolute Gasteiger partial charge is 0.320 e. The molecule has 94 valence electrons. The van der Waals surface area contributed by atoms with Gasteiger partial charge in [0.15, 0.2) is 0 Å². The summed E-state index contributed by atoms with van der Waals surface area (Å²) in [5.41, 5.74) is 0. The fraction of sp³-hybridized carbons (Fsp3) is 0.636. The fourth-order valence-electron chi connectivity index (χ4n) is 1.91. The van der Waals surface area contributed by atoms with Crippen LogP contribution >= 0.6 is 0 Å². The average Bonchev–Trinajstić information content (AvgIpc) is 2.76. The topological polar surface area (TPSA) is 44.1 Å². The lowest BCUT2D eigenvalue weighted by Crippen LogP contribution is -2.22. The third kappa shape index (κ3) is 3.09. The van der Waals surface area contributed by atoms with Gasteiger partial charge < -0.3 is 4.74 Å². The molecule has 0 aromatic carbocycles. The number of hydrogen-bond acceptors (Lipinski definition) is 3. The Labute approximate surface area is 97.6 Å². The van der Waals surface area contributed by atoms with Gasteiger partial charge in [-0.05, 0) is 12.8 Å². The molecule has 1 aromatic rings. The van der Waals surface area contributed by atoms with Crippen LogP contribution in [0.3, 0.4) is 0 Å².